The van der Waals surface area contributed by atoms with E-state index in [-0.39, 0.29) is 0 Å². The van der Waals surface area contributed by atoms with Gasteiger partial charge in [0.05, 0.1) is 18.1 Å². The van der Waals surface area contributed by atoms with E-state index in [2.05, 4.69) is 4.42 Å². The second-order valence-corrected chi connectivity index (χ2v) is 3.72. The third-order valence-electron chi connectivity index (χ3n) is 1.91. The van der Waals surface area contributed by atoms with E-state index in [1.54, 1.807) is 26.4 Å². The zero-order valence-corrected chi connectivity index (χ0v) is 9.05. The molecule has 0 aliphatic heterocycles. The van der Waals surface area contributed by atoms with Crippen molar-refractivity contribution < 1.29 is 9.52 Å². The van der Waals surface area contributed by atoms with Crippen molar-refractivity contribution >= 4 is 0 Å². The van der Waals surface area contributed by atoms with Crippen LogP contribution in [0.2, 0.25) is 0 Å². The van der Waals surface area contributed by atoms with Crippen molar-refractivity contribution in [3.05, 3.63) is 60.6 Å². The van der Waals surface area contributed by atoms with Gasteiger partial charge in [0.1, 0.15) is 0 Å². The van der Waals surface area contributed by atoms with E-state index in [9.17, 15) is 5.11 Å². The zero-order chi connectivity index (χ0) is 11.1. The lowest BCUT2D eigenvalue weighted by Crippen LogP contribution is -2.14. The molecule has 0 radical (unpaired) electrons. The molecule has 2 nitrogen and oxygen atoms in total. The van der Waals surface area contributed by atoms with E-state index in [1.807, 2.05) is 42.5 Å². The summed E-state index contributed by atoms with van der Waals surface area (Å²) in [6, 6.07) is 13.3. The summed E-state index contributed by atoms with van der Waals surface area (Å²) in [5.41, 5.74) is 0.247. The topological polar surface area (TPSA) is 33.4 Å². The first-order chi connectivity index (χ1) is 7.11. The molecule has 0 amide bonds. The third kappa shape index (κ3) is 4.47. The molecule has 0 unspecified atom stereocenters. The highest BCUT2D eigenvalue weighted by Crippen LogP contribution is 2.17. The summed E-state index contributed by atoms with van der Waals surface area (Å²) < 4.78 is 4.58. The molecule has 15 heavy (non-hydrogen) atoms. The highest BCUT2D eigenvalue weighted by molar-refractivity contribution is 5.20. The first-order valence-corrected chi connectivity index (χ1v) is 4.86. The predicted octanol–water partition coefficient (Wildman–Crippen LogP) is 3.19. The minimum atomic E-state index is -0.707. The van der Waals surface area contributed by atoms with Crippen molar-refractivity contribution in [2.24, 2.45) is 0 Å². The van der Waals surface area contributed by atoms with Crippen LogP contribution < -0.4 is 0 Å². The fourth-order valence-corrected chi connectivity index (χ4v) is 1.07. The zero-order valence-electron chi connectivity index (χ0n) is 9.05. The largest absolute Gasteiger partial charge is 0.473 e. The Morgan fingerprint density at radius 3 is 1.73 bits per heavy atom. The second-order valence-electron chi connectivity index (χ2n) is 3.72. The van der Waals surface area contributed by atoms with E-state index < -0.39 is 5.60 Å². The van der Waals surface area contributed by atoms with Crippen LogP contribution in [0.1, 0.15) is 19.4 Å². The molecule has 0 aliphatic rings. The molecule has 2 rings (SSSR count). The third-order valence-corrected chi connectivity index (χ3v) is 1.91. The minimum Gasteiger partial charge on any atom is -0.473 e. The Morgan fingerprint density at radius 1 is 0.933 bits per heavy atom. The lowest BCUT2D eigenvalue weighted by atomic mass is 9.99. The van der Waals surface area contributed by atoms with Crippen molar-refractivity contribution in [2.45, 2.75) is 19.4 Å². The first kappa shape index (κ1) is 11.5. The molecule has 1 aromatic heterocycles. The summed E-state index contributed by atoms with van der Waals surface area (Å²) in [7, 11) is 0. The van der Waals surface area contributed by atoms with Gasteiger partial charge in [0.15, 0.2) is 0 Å². The van der Waals surface area contributed by atoms with Gasteiger partial charge in [-0.05, 0) is 31.5 Å². The van der Waals surface area contributed by atoms with Gasteiger partial charge < -0.3 is 9.52 Å². The normalized spacial score (nSPS) is 10.3. The number of hydrogen-bond acceptors (Lipinski definition) is 2. The van der Waals surface area contributed by atoms with Gasteiger partial charge in [-0.2, -0.15) is 0 Å². The Hall–Kier alpha value is -1.54. The SMILES string of the molecule is CC(C)(O)c1ccccc1.c1ccoc1. The van der Waals surface area contributed by atoms with Crippen molar-refractivity contribution in [1.29, 1.82) is 0 Å². The number of hydrogen-bond donors (Lipinski definition) is 1. The molecule has 1 aromatic carbocycles. The van der Waals surface area contributed by atoms with E-state index in [4.69, 9.17) is 0 Å². The molecule has 1 N–H and O–H groups in total. The first-order valence-electron chi connectivity index (χ1n) is 4.86. The summed E-state index contributed by atoms with van der Waals surface area (Å²) in [6.45, 7) is 3.56. The maximum absolute atomic E-state index is 9.49. The fraction of sp³-hybridized carbons (Fsp3) is 0.231. The molecular formula is C13H16O2. The number of furan rings is 1. The molecular weight excluding hydrogens is 188 g/mol. The van der Waals surface area contributed by atoms with Crippen LogP contribution in [0, 0.1) is 0 Å². The summed E-state index contributed by atoms with van der Waals surface area (Å²) in [6.07, 6.45) is 3.25. The fourth-order valence-electron chi connectivity index (χ4n) is 1.07. The van der Waals surface area contributed by atoms with Crippen LogP contribution in [0.3, 0.4) is 0 Å². The molecule has 0 atom stereocenters. The number of aliphatic hydroxyl groups is 1. The smallest absolute Gasteiger partial charge is 0.0902 e. The molecule has 2 heteroatoms. The summed E-state index contributed by atoms with van der Waals surface area (Å²) in [5, 5.41) is 9.49. The van der Waals surface area contributed by atoms with Crippen LogP contribution >= 0.6 is 0 Å². The molecule has 0 spiro atoms. The minimum absolute atomic E-state index is 0.707. The maximum Gasteiger partial charge on any atom is 0.0902 e. The molecule has 0 bridgehead atoms. The van der Waals surface area contributed by atoms with Crippen LogP contribution in [-0.4, -0.2) is 5.11 Å². The summed E-state index contributed by atoms with van der Waals surface area (Å²) in [4.78, 5) is 0. The van der Waals surface area contributed by atoms with Gasteiger partial charge in [-0.25, -0.2) is 0 Å². The van der Waals surface area contributed by atoms with Crippen LogP contribution in [0.4, 0.5) is 0 Å². The van der Waals surface area contributed by atoms with Crippen LogP contribution in [0.15, 0.2) is 59.4 Å². The van der Waals surface area contributed by atoms with Gasteiger partial charge in [0.2, 0.25) is 0 Å². The van der Waals surface area contributed by atoms with E-state index in [0.29, 0.717) is 0 Å². The Labute approximate surface area is 90.2 Å². The Morgan fingerprint density at radius 2 is 1.47 bits per heavy atom. The summed E-state index contributed by atoms with van der Waals surface area (Å²) in [5.74, 6) is 0. The molecule has 1 heterocycles. The molecule has 0 saturated carbocycles. The van der Waals surface area contributed by atoms with Crippen LogP contribution in [0.5, 0.6) is 0 Å². The van der Waals surface area contributed by atoms with Crippen molar-refractivity contribution in [3.63, 3.8) is 0 Å². The highest BCUT2D eigenvalue weighted by atomic mass is 16.3. The lowest BCUT2D eigenvalue weighted by molar-refractivity contribution is 0.0786. The molecule has 2 aromatic rings. The van der Waals surface area contributed by atoms with Crippen molar-refractivity contribution in [3.8, 4) is 0 Å². The Balaban J connectivity index is 0.000000187. The second kappa shape index (κ2) is 5.37. The highest BCUT2D eigenvalue weighted by Gasteiger charge is 2.13. The van der Waals surface area contributed by atoms with Crippen LogP contribution in [-0.2, 0) is 5.60 Å². The van der Waals surface area contributed by atoms with Gasteiger partial charge in [0, 0.05) is 0 Å². The Kier molecular flexibility index (Phi) is 4.13. The predicted molar refractivity (Wildman–Crippen MR) is 60.4 cm³/mol. The van der Waals surface area contributed by atoms with Gasteiger partial charge in [-0.15, -0.1) is 0 Å². The quantitative estimate of drug-likeness (QED) is 0.773. The van der Waals surface area contributed by atoms with Gasteiger partial charge in [0.25, 0.3) is 0 Å². The molecule has 80 valence electrons. The molecule has 0 fully saturated rings. The van der Waals surface area contributed by atoms with Crippen molar-refractivity contribution in [2.75, 3.05) is 0 Å². The monoisotopic (exact) mass is 204 g/mol. The maximum atomic E-state index is 9.49. The average molecular weight is 204 g/mol. The number of rotatable bonds is 1. The lowest BCUT2D eigenvalue weighted by Gasteiger charge is -2.16. The standard InChI is InChI=1S/C9H12O.C4H4O/c1-9(2,10)8-6-4-3-5-7-8;1-2-4-5-3-1/h3-7,10H,1-2H3;1-4H. The molecule has 0 saturated heterocycles. The van der Waals surface area contributed by atoms with Gasteiger partial charge in [-0.3, -0.25) is 0 Å². The summed E-state index contributed by atoms with van der Waals surface area (Å²) >= 11 is 0. The number of benzene rings is 1. The van der Waals surface area contributed by atoms with Crippen LogP contribution in [0.25, 0.3) is 0 Å². The van der Waals surface area contributed by atoms with E-state index in [1.165, 1.54) is 0 Å². The average Bonchev–Trinajstić information content (AvgIpc) is 2.76. The van der Waals surface area contributed by atoms with Gasteiger partial charge >= 0.3 is 0 Å². The van der Waals surface area contributed by atoms with E-state index in [0.717, 1.165) is 5.56 Å². The molecule has 0 aliphatic carbocycles. The van der Waals surface area contributed by atoms with Crippen molar-refractivity contribution in [1.82, 2.24) is 0 Å². The Bertz CT molecular complexity index is 327. The van der Waals surface area contributed by atoms with Gasteiger partial charge in [-0.1, -0.05) is 30.3 Å². The van der Waals surface area contributed by atoms with E-state index >= 15 is 0 Å².